The number of hydrogen-bond acceptors (Lipinski definition) is 4. The predicted octanol–water partition coefficient (Wildman–Crippen LogP) is 3.60. The molecule has 1 aliphatic heterocycles. The van der Waals surface area contributed by atoms with E-state index in [-0.39, 0.29) is 23.8 Å². The molecule has 0 N–H and O–H groups in total. The minimum atomic E-state index is -3.63. The second-order valence-corrected chi connectivity index (χ2v) is 8.92. The van der Waals surface area contributed by atoms with Crippen LogP contribution >= 0.6 is 0 Å². The first-order chi connectivity index (χ1) is 14.5. The highest BCUT2D eigenvalue weighted by Crippen LogP contribution is 2.26. The van der Waals surface area contributed by atoms with Gasteiger partial charge in [0.05, 0.1) is 18.0 Å². The molecule has 0 spiro atoms. The quantitative estimate of drug-likeness (QED) is 0.632. The fourth-order valence-corrected chi connectivity index (χ4v) is 4.88. The smallest absolute Gasteiger partial charge is 0.258 e. The first kappa shape index (κ1) is 19.8. The maximum atomic E-state index is 13.3. The van der Waals surface area contributed by atoms with E-state index in [0.29, 0.717) is 12.1 Å². The Bertz CT molecular complexity index is 1160. The largest absolute Gasteiger partial charge is 0.304 e. The van der Waals surface area contributed by atoms with Crippen LogP contribution in [0.15, 0.2) is 84.9 Å². The minimum Gasteiger partial charge on any atom is -0.304 e. The van der Waals surface area contributed by atoms with Crippen LogP contribution in [-0.4, -0.2) is 26.0 Å². The van der Waals surface area contributed by atoms with Gasteiger partial charge in [0.1, 0.15) is 0 Å². The number of rotatable bonds is 5. The number of carbonyl (C=O) groups excluding carboxylic acids is 2. The van der Waals surface area contributed by atoms with E-state index in [1.807, 2.05) is 60.7 Å². The monoisotopic (exact) mass is 420 g/mol. The number of benzene rings is 3. The lowest BCUT2D eigenvalue weighted by Gasteiger charge is -2.23. The number of hydrogen-bond donors (Lipinski definition) is 0. The molecule has 30 heavy (non-hydrogen) atoms. The molecule has 1 saturated heterocycles. The molecule has 1 heterocycles. The number of sulfonamides is 1. The van der Waals surface area contributed by atoms with Gasteiger partial charge in [-0.25, -0.2) is 12.7 Å². The molecular formula is C23H20N2O4S. The Morgan fingerprint density at radius 1 is 0.867 bits per heavy atom. The second-order valence-electron chi connectivity index (χ2n) is 6.98. The lowest BCUT2D eigenvalue weighted by atomic mass is 10.1. The van der Waals surface area contributed by atoms with Crippen LogP contribution in [0.1, 0.15) is 22.3 Å². The molecule has 3 aromatic carbocycles. The van der Waals surface area contributed by atoms with Crippen molar-refractivity contribution in [2.75, 3.05) is 15.0 Å². The summed E-state index contributed by atoms with van der Waals surface area (Å²) in [5.41, 5.74) is 2.40. The molecular weight excluding hydrogens is 400 g/mol. The number of amides is 2. The highest BCUT2D eigenvalue weighted by molar-refractivity contribution is 7.94. The topological polar surface area (TPSA) is 74.8 Å². The van der Waals surface area contributed by atoms with Crippen molar-refractivity contribution in [3.63, 3.8) is 0 Å². The zero-order chi connectivity index (χ0) is 21.1. The molecule has 4 rings (SSSR count). The van der Waals surface area contributed by atoms with E-state index in [4.69, 9.17) is 0 Å². The standard InChI is InChI=1S/C23H20N2O4S/c26-22-15-16-30(28,29)25(22)21-13-11-19(12-14-21)23(27)24(20-9-5-2-6-10-20)17-18-7-3-1-4-8-18/h1-14H,15-17H2. The Morgan fingerprint density at radius 2 is 1.47 bits per heavy atom. The second kappa shape index (κ2) is 8.12. The maximum Gasteiger partial charge on any atom is 0.258 e. The molecule has 0 radical (unpaired) electrons. The summed E-state index contributed by atoms with van der Waals surface area (Å²) < 4.78 is 25.1. The fraction of sp³-hybridized carbons (Fsp3) is 0.130. The number of carbonyl (C=O) groups is 2. The van der Waals surface area contributed by atoms with Gasteiger partial charge in [0.25, 0.3) is 5.91 Å². The number of anilines is 2. The van der Waals surface area contributed by atoms with Gasteiger partial charge in [0, 0.05) is 17.7 Å². The first-order valence-corrected chi connectivity index (χ1v) is 11.1. The summed E-state index contributed by atoms with van der Waals surface area (Å²) in [6, 6.07) is 25.1. The van der Waals surface area contributed by atoms with E-state index in [2.05, 4.69) is 0 Å². The molecule has 0 unspecified atom stereocenters. The van der Waals surface area contributed by atoms with Gasteiger partial charge in [-0.2, -0.15) is 0 Å². The molecule has 0 atom stereocenters. The van der Waals surface area contributed by atoms with E-state index in [1.54, 1.807) is 17.0 Å². The summed E-state index contributed by atoms with van der Waals surface area (Å²) in [5, 5.41) is 0. The minimum absolute atomic E-state index is 0.0259. The summed E-state index contributed by atoms with van der Waals surface area (Å²) in [6.45, 7) is 0.393. The number of nitrogens with zero attached hydrogens (tertiary/aromatic N) is 2. The van der Waals surface area contributed by atoms with E-state index in [1.165, 1.54) is 12.1 Å². The summed E-state index contributed by atoms with van der Waals surface area (Å²) in [7, 11) is -3.63. The van der Waals surface area contributed by atoms with Crippen LogP contribution < -0.4 is 9.21 Å². The van der Waals surface area contributed by atoms with E-state index >= 15 is 0 Å². The molecule has 2 amide bonds. The average molecular weight is 420 g/mol. The van der Waals surface area contributed by atoms with Gasteiger partial charge < -0.3 is 4.90 Å². The molecule has 7 heteroatoms. The zero-order valence-electron chi connectivity index (χ0n) is 16.1. The third kappa shape index (κ3) is 3.97. The zero-order valence-corrected chi connectivity index (χ0v) is 17.0. The van der Waals surface area contributed by atoms with Crippen molar-refractivity contribution in [3.8, 4) is 0 Å². The lowest BCUT2D eigenvalue weighted by Crippen LogP contribution is -2.31. The third-order valence-electron chi connectivity index (χ3n) is 4.92. The number of para-hydroxylation sites is 1. The Hall–Kier alpha value is -3.45. The van der Waals surface area contributed by atoms with E-state index < -0.39 is 15.9 Å². The highest BCUT2D eigenvalue weighted by Gasteiger charge is 2.36. The molecule has 0 aromatic heterocycles. The molecule has 0 aliphatic carbocycles. The Balaban J connectivity index is 1.64. The van der Waals surface area contributed by atoms with Crippen LogP contribution in [-0.2, 0) is 21.4 Å². The molecule has 152 valence electrons. The van der Waals surface area contributed by atoms with Crippen LogP contribution in [0.4, 0.5) is 11.4 Å². The van der Waals surface area contributed by atoms with Crippen molar-refractivity contribution < 1.29 is 18.0 Å². The van der Waals surface area contributed by atoms with Crippen LogP contribution in [0.5, 0.6) is 0 Å². The summed E-state index contributed by atoms with van der Waals surface area (Å²) in [4.78, 5) is 26.9. The predicted molar refractivity (Wildman–Crippen MR) is 116 cm³/mol. The average Bonchev–Trinajstić information content (AvgIpc) is 3.05. The summed E-state index contributed by atoms with van der Waals surface area (Å²) in [5.74, 6) is -0.859. The fourth-order valence-electron chi connectivity index (χ4n) is 3.42. The van der Waals surface area contributed by atoms with Crippen LogP contribution in [0.2, 0.25) is 0 Å². The van der Waals surface area contributed by atoms with Crippen molar-refractivity contribution in [1.29, 1.82) is 0 Å². The van der Waals surface area contributed by atoms with Crippen LogP contribution in [0.3, 0.4) is 0 Å². The van der Waals surface area contributed by atoms with Crippen molar-refractivity contribution in [2.45, 2.75) is 13.0 Å². The SMILES string of the molecule is O=C(c1ccc(N2C(=O)CCS2(=O)=O)cc1)N(Cc1ccccc1)c1ccccc1. The third-order valence-corrected chi connectivity index (χ3v) is 6.61. The van der Waals surface area contributed by atoms with Gasteiger partial charge in [0.15, 0.2) is 0 Å². The molecule has 0 saturated carbocycles. The normalized spacial score (nSPS) is 15.2. The van der Waals surface area contributed by atoms with Crippen molar-refractivity contribution in [3.05, 3.63) is 96.1 Å². The van der Waals surface area contributed by atoms with Crippen molar-refractivity contribution >= 4 is 33.2 Å². The van der Waals surface area contributed by atoms with Gasteiger partial charge >= 0.3 is 0 Å². The molecule has 1 aliphatic rings. The first-order valence-electron chi connectivity index (χ1n) is 9.52. The molecule has 3 aromatic rings. The molecule has 0 bridgehead atoms. The van der Waals surface area contributed by atoms with Crippen molar-refractivity contribution in [2.24, 2.45) is 0 Å². The van der Waals surface area contributed by atoms with Crippen LogP contribution in [0, 0.1) is 0 Å². The Morgan fingerprint density at radius 3 is 2.03 bits per heavy atom. The van der Waals surface area contributed by atoms with E-state index in [9.17, 15) is 18.0 Å². The van der Waals surface area contributed by atoms with Gasteiger partial charge in [-0.1, -0.05) is 48.5 Å². The Kier molecular flexibility index (Phi) is 5.37. The van der Waals surface area contributed by atoms with Gasteiger partial charge in [-0.05, 0) is 42.0 Å². The van der Waals surface area contributed by atoms with Crippen molar-refractivity contribution in [1.82, 2.24) is 0 Å². The van der Waals surface area contributed by atoms with E-state index in [0.717, 1.165) is 15.6 Å². The van der Waals surface area contributed by atoms with Crippen LogP contribution in [0.25, 0.3) is 0 Å². The lowest BCUT2D eigenvalue weighted by molar-refractivity contribution is -0.116. The summed E-state index contributed by atoms with van der Waals surface area (Å²) in [6.07, 6.45) is -0.0259. The summed E-state index contributed by atoms with van der Waals surface area (Å²) >= 11 is 0. The highest BCUT2D eigenvalue weighted by atomic mass is 32.2. The van der Waals surface area contributed by atoms with Gasteiger partial charge in [-0.15, -0.1) is 0 Å². The molecule has 6 nitrogen and oxygen atoms in total. The Labute approximate surface area is 175 Å². The van der Waals surface area contributed by atoms with Gasteiger partial charge in [-0.3, -0.25) is 9.59 Å². The van der Waals surface area contributed by atoms with Gasteiger partial charge in [0.2, 0.25) is 15.9 Å². The molecule has 1 fully saturated rings. The maximum absolute atomic E-state index is 13.3.